The number of rotatable bonds is 12. The molecule has 1 N–H and O–H groups in total. The van der Waals surface area contributed by atoms with Crippen LogP contribution in [0.15, 0.2) is 48.5 Å². The third kappa shape index (κ3) is 7.57. The standard InChI is InChI=1S/C23H32FNO/c1-3-4-5-6-7-8-17-26-23-15-11-21(12-16-23)19(2)25-18-20-9-13-22(24)14-10-20/h9-16,19,25H,3-8,17-18H2,1-2H3. The molecule has 142 valence electrons. The second-order valence-corrected chi connectivity index (χ2v) is 6.91. The largest absolute Gasteiger partial charge is 0.494 e. The minimum Gasteiger partial charge on any atom is -0.494 e. The van der Waals surface area contributed by atoms with Crippen molar-refractivity contribution in [1.82, 2.24) is 5.32 Å². The molecule has 2 aromatic carbocycles. The molecule has 2 rings (SSSR count). The van der Waals surface area contributed by atoms with Crippen molar-refractivity contribution < 1.29 is 9.13 Å². The Kier molecular flexibility index (Phi) is 9.19. The number of benzene rings is 2. The van der Waals surface area contributed by atoms with E-state index < -0.39 is 0 Å². The molecule has 1 unspecified atom stereocenters. The van der Waals surface area contributed by atoms with Gasteiger partial charge in [0.2, 0.25) is 0 Å². The van der Waals surface area contributed by atoms with E-state index in [0.29, 0.717) is 0 Å². The van der Waals surface area contributed by atoms with Crippen molar-refractivity contribution in [3.63, 3.8) is 0 Å². The maximum absolute atomic E-state index is 12.9. The summed E-state index contributed by atoms with van der Waals surface area (Å²) in [5.41, 5.74) is 2.30. The van der Waals surface area contributed by atoms with Crippen LogP contribution in [0.1, 0.15) is 69.5 Å². The lowest BCUT2D eigenvalue weighted by molar-refractivity contribution is 0.304. The van der Waals surface area contributed by atoms with E-state index >= 15 is 0 Å². The Bertz CT molecular complexity index is 609. The first-order valence-corrected chi connectivity index (χ1v) is 9.89. The molecule has 0 aromatic heterocycles. The van der Waals surface area contributed by atoms with Gasteiger partial charge in [-0.05, 0) is 48.7 Å². The van der Waals surface area contributed by atoms with Gasteiger partial charge in [-0.2, -0.15) is 0 Å². The van der Waals surface area contributed by atoms with Gasteiger partial charge >= 0.3 is 0 Å². The summed E-state index contributed by atoms with van der Waals surface area (Å²) >= 11 is 0. The highest BCUT2D eigenvalue weighted by molar-refractivity contribution is 5.29. The van der Waals surface area contributed by atoms with E-state index in [1.165, 1.54) is 49.8 Å². The molecule has 0 amide bonds. The monoisotopic (exact) mass is 357 g/mol. The molecule has 0 spiro atoms. The Hall–Kier alpha value is -1.87. The van der Waals surface area contributed by atoms with E-state index in [9.17, 15) is 4.39 Å². The van der Waals surface area contributed by atoms with Crippen molar-refractivity contribution in [1.29, 1.82) is 0 Å². The Labute approximate surface area is 157 Å². The molecule has 3 heteroatoms. The number of unbranched alkanes of at least 4 members (excludes halogenated alkanes) is 5. The molecule has 0 aliphatic rings. The first kappa shape index (κ1) is 20.4. The second kappa shape index (κ2) is 11.7. The Morgan fingerprint density at radius 2 is 1.54 bits per heavy atom. The Morgan fingerprint density at radius 3 is 2.23 bits per heavy atom. The van der Waals surface area contributed by atoms with E-state index in [1.54, 1.807) is 0 Å². The third-order valence-corrected chi connectivity index (χ3v) is 4.67. The van der Waals surface area contributed by atoms with E-state index in [4.69, 9.17) is 4.74 Å². The first-order chi connectivity index (χ1) is 12.7. The SMILES string of the molecule is CCCCCCCCOc1ccc(C(C)NCc2ccc(F)cc2)cc1. The average molecular weight is 358 g/mol. The molecule has 0 bridgehead atoms. The number of hydrogen-bond donors (Lipinski definition) is 1. The van der Waals surface area contributed by atoms with E-state index in [2.05, 4.69) is 31.3 Å². The predicted octanol–water partition coefficient (Wildman–Crippen LogP) is 6.42. The lowest BCUT2D eigenvalue weighted by atomic mass is 10.1. The van der Waals surface area contributed by atoms with Crippen LogP contribution in [0, 0.1) is 5.82 Å². The van der Waals surface area contributed by atoms with Gasteiger partial charge in [-0.3, -0.25) is 0 Å². The van der Waals surface area contributed by atoms with Crippen molar-refractivity contribution >= 4 is 0 Å². The predicted molar refractivity (Wildman–Crippen MR) is 107 cm³/mol. The minimum atomic E-state index is -0.196. The number of hydrogen-bond acceptors (Lipinski definition) is 2. The van der Waals surface area contributed by atoms with Crippen LogP contribution in [-0.2, 0) is 6.54 Å². The molecule has 0 aliphatic heterocycles. The van der Waals surface area contributed by atoms with Crippen LogP contribution in [-0.4, -0.2) is 6.61 Å². The lowest BCUT2D eigenvalue weighted by Crippen LogP contribution is -2.18. The maximum Gasteiger partial charge on any atom is 0.123 e. The zero-order chi connectivity index (χ0) is 18.6. The third-order valence-electron chi connectivity index (χ3n) is 4.67. The minimum absolute atomic E-state index is 0.196. The fourth-order valence-corrected chi connectivity index (χ4v) is 2.92. The highest BCUT2D eigenvalue weighted by atomic mass is 19.1. The van der Waals surface area contributed by atoms with Gasteiger partial charge in [-0.15, -0.1) is 0 Å². The van der Waals surface area contributed by atoms with Gasteiger partial charge in [-0.25, -0.2) is 4.39 Å². The molecule has 0 aliphatic carbocycles. The fraction of sp³-hybridized carbons (Fsp3) is 0.478. The summed E-state index contributed by atoms with van der Waals surface area (Å²) in [5.74, 6) is 0.742. The van der Waals surface area contributed by atoms with Gasteiger partial charge in [0.05, 0.1) is 6.61 Å². The molecule has 0 saturated carbocycles. The van der Waals surface area contributed by atoms with Crippen molar-refractivity contribution in [2.75, 3.05) is 6.61 Å². The van der Waals surface area contributed by atoms with Gasteiger partial charge in [0, 0.05) is 12.6 Å². The average Bonchev–Trinajstić information content (AvgIpc) is 2.67. The van der Waals surface area contributed by atoms with Crippen molar-refractivity contribution in [2.45, 2.75) is 65.0 Å². The van der Waals surface area contributed by atoms with E-state index in [0.717, 1.165) is 30.9 Å². The second-order valence-electron chi connectivity index (χ2n) is 6.91. The summed E-state index contributed by atoms with van der Waals surface area (Å²) in [6, 6.07) is 15.2. The van der Waals surface area contributed by atoms with Gasteiger partial charge in [0.25, 0.3) is 0 Å². The summed E-state index contributed by atoms with van der Waals surface area (Å²) in [6.45, 7) is 5.89. The van der Waals surface area contributed by atoms with Crippen molar-refractivity contribution in [2.24, 2.45) is 0 Å². The number of halogens is 1. The maximum atomic E-state index is 12.9. The summed E-state index contributed by atoms with van der Waals surface area (Å²) in [5, 5.41) is 3.47. The molecule has 1 atom stereocenters. The fourth-order valence-electron chi connectivity index (χ4n) is 2.92. The summed E-state index contributed by atoms with van der Waals surface area (Å²) in [6.07, 6.45) is 7.67. The van der Waals surface area contributed by atoms with E-state index in [1.807, 2.05) is 24.3 Å². The molecule has 0 heterocycles. The van der Waals surface area contributed by atoms with Crippen molar-refractivity contribution in [3.05, 3.63) is 65.5 Å². The van der Waals surface area contributed by atoms with Crippen LogP contribution in [0.5, 0.6) is 5.75 Å². The number of ether oxygens (including phenoxy) is 1. The zero-order valence-corrected chi connectivity index (χ0v) is 16.1. The molecule has 0 saturated heterocycles. The van der Waals surface area contributed by atoms with Crippen LogP contribution in [0.4, 0.5) is 4.39 Å². The van der Waals surface area contributed by atoms with Crippen LogP contribution in [0.3, 0.4) is 0 Å². The number of nitrogens with one attached hydrogen (secondary N) is 1. The van der Waals surface area contributed by atoms with Crippen molar-refractivity contribution in [3.8, 4) is 5.75 Å². The summed E-state index contributed by atoms with van der Waals surface area (Å²) in [4.78, 5) is 0. The Morgan fingerprint density at radius 1 is 0.885 bits per heavy atom. The highest BCUT2D eigenvalue weighted by Crippen LogP contribution is 2.18. The Balaban J connectivity index is 1.68. The van der Waals surface area contributed by atoms with Crippen LogP contribution in [0.25, 0.3) is 0 Å². The van der Waals surface area contributed by atoms with Crippen LogP contribution >= 0.6 is 0 Å². The zero-order valence-electron chi connectivity index (χ0n) is 16.1. The topological polar surface area (TPSA) is 21.3 Å². The molecule has 0 fully saturated rings. The quantitative estimate of drug-likeness (QED) is 0.443. The van der Waals surface area contributed by atoms with Gasteiger partial charge in [0.15, 0.2) is 0 Å². The highest BCUT2D eigenvalue weighted by Gasteiger charge is 2.05. The molecule has 26 heavy (non-hydrogen) atoms. The lowest BCUT2D eigenvalue weighted by Gasteiger charge is -2.15. The van der Waals surface area contributed by atoms with Gasteiger partial charge in [0.1, 0.15) is 11.6 Å². The van der Waals surface area contributed by atoms with Gasteiger partial charge in [-0.1, -0.05) is 63.3 Å². The normalized spacial score (nSPS) is 12.1. The summed E-state index contributed by atoms with van der Waals surface area (Å²) < 4.78 is 18.8. The smallest absolute Gasteiger partial charge is 0.123 e. The molecule has 0 radical (unpaired) electrons. The first-order valence-electron chi connectivity index (χ1n) is 9.89. The molecule has 2 aromatic rings. The molecular weight excluding hydrogens is 325 g/mol. The summed E-state index contributed by atoms with van der Waals surface area (Å²) in [7, 11) is 0. The van der Waals surface area contributed by atoms with E-state index in [-0.39, 0.29) is 11.9 Å². The van der Waals surface area contributed by atoms with Gasteiger partial charge < -0.3 is 10.1 Å². The molecular formula is C23H32FNO. The van der Waals surface area contributed by atoms with Crippen LogP contribution in [0.2, 0.25) is 0 Å². The molecule has 2 nitrogen and oxygen atoms in total. The van der Waals surface area contributed by atoms with Crippen LogP contribution < -0.4 is 10.1 Å².